The van der Waals surface area contributed by atoms with Crippen LogP contribution in [0.3, 0.4) is 0 Å². The molecule has 0 bridgehead atoms. The molecular weight excluding hydrogens is 308 g/mol. The van der Waals surface area contributed by atoms with E-state index in [1.165, 1.54) is 4.90 Å². The minimum Gasteiger partial charge on any atom is -0.444 e. The molecule has 1 N–H and O–H groups in total. The van der Waals surface area contributed by atoms with Crippen LogP contribution in [0.4, 0.5) is 4.79 Å². The topological polar surface area (TPSA) is 92.8 Å². The standard InChI is InChI=1S/C14H26N2O5S/c1-10(9-22(5,19)20)15-12(17)11-7-6-8-16(11)13(18)21-14(2,3)4/h10-11H,6-9H2,1-5H3,(H,15,17). The fourth-order valence-electron chi connectivity index (χ4n) is 2.41. The quantitative estimate of drug-likeness (QED) is 0.826. The average molecular weight is 334 g/mol. The Hall–Kier alpha value is -1.31. The van der Waals surface area contributed by atoms with Crippen LogP contribution < -0.4 is 5.32 Å². The van der Waals surface area contributed by atoms with Gasteiger partial charge >= 0.3 is 6.09 Å². The van der Waals surface area contributed by atoms with Crippen LogP contribution in [0, 0.1) is 0 Å². The van der Waals surface area contributed by atoms with Gasteiger partial charge in [-0.2, -0.15) is 0 Å². The Morgan fingerprint density at radius 2 is 1.95 bits per heavy atom. The number of nitrogens with one attached hydrogen (secondary N) is 1. The van der Waals surface area contributed by atoms with Gasteiger partial charge in [0, 0.05) is 18.8 Å². The van der Waals surface area contributed by atoms with Crippen molar-refractivity contribution in [2.45, 2.75) is 58.2 Å². The van der Waals surface area contributed by atoms with Gasteiger partial charge in [0.1, 0.15) is 21.5 Å². The summed E-state index contributed by atoms with van der Waals surface area (Å²) < 4.78 is 27.8. The van der Waals surface area contributed by atoms with Crippen LogP contribution in [0.2, 0.25) is 0 Å². The van der Waals surface area contributed by atoms with Gasteiger partial charge in [-0.25, -0.2) is 13.2 Å². The number of nitrogens with zero attached hydrogens (tertiary/aromatic N) is 1. The summed E-state index contributed by atoms with van der Waals surface area (Å²) in [6.07, 6.45) is 1.88. The summed E-state index contributed by atoms with van der Waals surface area (Å²) in [7, 11) is -3.17. The smallest absolute Gasteiger partial charge is 0.410 e. The molecule has 1 aliphatic rings. The summed E-state index contributed by atoms with van der Waals surface area (Å²) in [4.78, 5) is 25.8. The third kappa shape index (κ3) is 6.21. The minimum absolute atomic E-state index is 0.127. The van der Waals surface area contributed by atoms with Gasteiger partial charge < -0.3 is 10.1 Å². The normalized spacial score (nSPS) is 20.6. The first kappa shape index (κ1) is 18.7. The second kappa shape index (κ2) is 6.85. The number of hydrogen-bond acceptors (Lipinski definition) is 5. The van der Waals surface area contributed by atoms with E-state index >= 15 is 0 Å². The van der Waals surface area contributed by atoms with Crippen molar-refractivity contribution in [2.24, 2.45) is 0 Å². The van der Waals surface area contributed by atoms with Crippen LogP contribution in [0.15, 0.2) is 0 Å². The van der Waals surface area contributed by atoms with Gasteiger partial charge in [0.15, 0.2) is 0 Å². The molecule has 0 aromatic heterocycles. The maximum Gasteiger partial charge on any atom is 0.410 e. The lowest BCUT2D eigenvalue weighted by atomic mass is 10.2. The number of amides is 2. The van der Waals surface area contributed by atoms with Crippen molar-refractivity contribution < 1.29 is 22.7 Å². The van der Waals surface area contributed by atoms with Crippen LogP contribution in [-0.4, -0.2) is 61.6 Å². The highest BCUT2D eigenvalue weighted by molar-refractivity contribution is 7.90. The predicted molar refractivity (Wildman–Crippen MR) is 83.3 cm³/mol. The van der Waals surface area contributed by atoms with Crippen molar-refractivity contribution in [3.63, 3.8) is 0 Å². The molecule has 1 fully saturated rings. The highest BCUT2D eigenvalue weighted by Crippen LogP contribution is 2.21. The average Bonchev–Trinajstić information content (AvgIpc) is 2.71. The SMILES string of the molecule is CC(CS(C)(=O)=O)NC(=O)C1CCCN1C(=O)OC(C)(C)C. The van der Waals surface area contributed by atoms with Crippen molar-refractivity contribution in [1.29, 1.82) is 0 Å². The fourth-order valence-corrected chi connectivity index (χ4v) is 3.40. The number of sulfone groups is 1. The zero-order valence-electron chi connectivity index (χ0n) is 13.9. The van der Waals surface area contributed by atoms with E-state index in [0.29, 0.717) is 13.0 Å². The van der Waals surface area contributed by atoms with Crippen LogP contribution in [0.25, 0.3) is 0 Å². The fraction of sp³-hybridized carbons (Fsp3) is 0.857. The molecule has 0 aromatic carbocycles. The molecule has 1 rings (SSSR count). The Bertz CT molecular complexity index is 524. The van der Waals surface area contributed by atoms with Crippen LogP contribution >= 0.6 is 0 Å². The Morgan fingerprint density at radius 1 is 1.36 bits per heavy atom. The number of hydrogen-bond donors (Lipinski definition) is 1. The van der Waals surface area contributed by atoms with E-state index in [9.17, 15) is 18.0 Å². The second-order valence-corrected chi connectivity index (χ2v) is 9.02. The molecule has 1 heterocycles. The third-order valence-electron chi connectivity index (χ3n) is 3.12. The van der Waals surface area contributed by atoms with Crippen LogP contribution in [0.1, 0.15) is 40.5 Å². The van der Waals surface area contributed by atoms with Crippen molar-refractivity contribution in [3.8, 4) is 0 Å². The lowest BCUT2D eigenvalue weighted by Crippen LogP contribution is -2.50. The summed E-state index contributed by atoms with van der Waals surface area (Å²) in [5.74, 6) is -0.461. The number of likely N-dealkylation sites (tertiary alicyclic amines) is 1. The number of carbonyl (C=O) groups is 2. The largest absolute Gasteiger partial charge is 0.444 e. The van der Waals surface area contributed by atoms with E-state index in [1.807, 2.05) is 0 Å². The van der Waals surface area contributed by atoms with Gasteiger partial charge in [-0.1, -0.05) is 0 Å². The molecule has 0 aliphatic carbocycles. The molecule has 128 valence electrons. The van der Waals surface area contributed by atoms with Gasteiger partial charge in [0.25, 0.3) is 0 Å². The molecule has 1 aliphatic heterocycles. The monoisotopic (exact) mass is 334 g/mol. The molecule has 2 unspecified atom stereocenters. The Kier molecular flexibility index (Phi) is 5.83. The predicted octanol–water partition coefficient (Wildman–Crippen LogP) is 0.935. The van der Waals surface area contributed by atoms with E-state index in [0.717, 1.165) is 12.7 Å². The lowest BCUT2D eigenvalue weighted by molar-refractivity contribution is -0.125. The van der Waals surface area contributed by atoms with E-state index in [4.69, 9.17) is 4.74 Å². The first-order valence-corrected chi connectivity index (χ1v) is 9.43. The van der Waals surface area contributed by atoms with Crippen LogP contribution in [-0.2, 0) is 19.4 Å². The summed E-state index contributed by atoms with van der Waals surface area (Å²) in [5, 5.41) is 2.66. The van der Waals surface area contributed by atoms with Crippen molar-refractivity contribution in [1.82, 2.24) is 10.2 Å². The number of rotatable bonds is 4. The molecule has 0 radical (unpaired) electrons. The van der Waals surface area contributed by atoms with Crippen molar-refractivity contribution in [2.75, 3.05) is 18.6 Å². The maximum atomic E-state index is 12.3. The molecule has 22 heavy (non-hydrogen) atoms. The first-order chi connectivity index (χ1) is 9.89. The Morgan fingerprint density at radius 3 is 2.45 bits per heavy atom. The third-order valence-corrected chi connectivity index (χ3v) is 4.23. The van der Waals surface area contributed by atoms with E-state index in [-0.39, 0.29) is 11.7 Å². The highest BCUT2D eigenvalue weighted by atomic mass is 32.2. The van der Waals surface area contributed by atoms with Gasteiger partial charge in [-0.15, -0.1) is 0 Å². The zero-order chi connectivity index (χ0) is 17.1. The summed E-state index contributed by atoms with van der Waals surface area (Å²) in [6.45, 7) is 7.40. The number of ether oxygens (including phenoxy) is 1. The first-order valence-electron chi connectivity index (χ1n) is 7.37. The van der Waals surface area contributed by atoms with Gasteiger partial charge in [0.05, 0.1) is 5.75 Å². The molecule has 0 spiro atoms. The van der Waals surface area contributed by atoms with Crippen molar-refractivity contribution in [3.05, 3.63) is 0 Å². The second-order valence-electron chi connectivity index (χ2n) is 6.83. The van der Waals surface area contributed by atoms with Gasteiger partial charge in [-0.3, -0.25) is 9.69 Å². The molecule has 0 aromatic rings. The molecular formula is C14H26N2O5S. The Balaban J connectivity index is 2.66. The number of carbonyl (C=O) groups excluding carboxylic acids is 2. The molecule has 1 saturated heterocycles. The highest BCUT2D eigenvalue weighted by Gasteiger charge is 2.37. The van der Waals surface area contributed by atoms with Crippen molar-refractivity contribution >= 4 is 21.8 Å². The maximum absolute atomic E-state index is 12.3. The van der Waals surface area contributed by atoms with Gasteiger partial charge in [-0.05, 0) is 40.5 Å². The van der Waals surface area contributed by atoms with E-state index < -0.39 is 33.6 Å². The summed E-state index contributed by atoms with van der Waals surface area (Å²) in [5.41, 5.74) is -0.621. The molecule has 0 saturated carbocycles. The van der Waals surface area contributed by atoms with Gasteiger partial charge in [0.2, 0.25) is 5.91 Å². The zero-order valence-corrected chi connectivity index (χ0v) is 14.7. The molecule has 2 atom stereocenters. The van der Waals surface area contributed by atoms with Crippen LogP contribution in [0.5, 0.6) is 0 Å². The summed E-state index contributed by atoms with van der Waals surface area (Å²) >= 11 is 0. The molecule has 7 nitrogen and oxygen atoms in total. The van der Waals surface area contributed by atoms with E-state index in [2.05, 4.69) is 5.32 Å². The van der Waals surface area contributed by atoms with E-state index in [1.54, 1.807) is 27.7 Å². The lowest BCUT2D eigenvalue weighted by Gasteiger charge is -2.28. The Labute approximate surface area is 132 Å². The minimum atomic E-state index is -3.17. The molecule has 8 heteroatoms. The molecule has 2 amide bonds. The summed E-state index contributed by atoms with van der Waals surface area (Å²) in [6, 6.07) is -1.10.